The monoisotopic (exact) mass is 384 g/mol. The van der Waals surface area contributed by atoms with Crippen LogP contribution in [0.1, 0.15) is 29.8 Å². The van der Waals surface area contributed by atoms with Gasteiger partial charge in [-0.3, -0.25) is 4.68 Å². The van der Waals surface area contributed by atoms with Gasteiger partial charge in [-0.25, -0.2) is 0 Å². The third-order valence-electron chi connectivity index (χ3n) is 3.35. The third-order valence-corrected chi connectivity index (χ3v) is 5.16. The Morgan fingerprint density at radius 3 is 2.53 bits per heavy atom. The van der Waals surface area contributed by atoms with Crippen LogP contribution in [0.4, 0.5) is 0 Å². The van der Waals surface area contributed by atoms with Crippen LogP contribution in [0.25, 0.3) is 0 Å². The van der Waals surface area contributed by atoms with E-state index in [-0.39, 0.29) is 0 Å². The van der Waals surface area contributed by atoms with Gasteiger partial charge in [-0.1, -0.05) is 46.3 Å². The molecule has 1 aromatic heterocycles. The number of nitrogens with zero attached hydrogens (tertiary/aromatic N) is 2. The van der Waals surface area contributed by atoms with Crippen LogP contribution in [-0.2, 0) is 13.0 Å². The lowest BCUT2D eigenvalue weighted by Gasteiger charge is -2.15. The van der Waals surface area contributed by atoms with E-state index in [1.165, 1.54) is 11.3 Å². The normalized spacial score (nSPS) is 12.6. The fourth-order valence-corrected chi connectivity index (χ4v) is 3.33. The molecule has 0 fully saturated rings. The molecule has 0 amide bonds. The molecule has 4 heteroatoms. The Morgan fingerprint density at radius 2 is 1.95 bits per heavy atom. The maximum Gasteiger partial charge on any atom is 0.0738 e. The van der Waals surface area contributed by atoms with Gasteiger partial charge in [0.2, 0.25) is 0 Å². The summed E-state index contributed by atoms with van der Waals surface area (Å²) in [5.41, 5.74) is 3.72. The fourth-order valence-electron chi connectivity index (χ4n) is 2.28. The zero-order valence-corrected chi connectivity index (χ0v) is 14.4. The number of hydrogen-bond acceptors (Lipinski definition) is 1. The molecule has 0 N–H and O–H groups in total. The van der Waals surface area contributed by atoms with E-state index in [1.54, 1.807) is 0 Å². The quantitative estimate of drug-likeness (QED) is 0.682. The number of halogens is 2. The second-order valence-electron chi connectivity index (χ2n) is 4.63. The van der Waals surface area contributed by atoms with Crippen molar-refractivity contribution in [3.63, 3.8) is 0 Å². The Labute approximate surface area is 131 Å². The van der Waals surface area contributed by atoms with Crippen molar-refractivity contribution in [1.82, 2.24) is 9.78 Å². The number of benzene rings is 1. The highest BCUT2D eigenvalue weighted by atomic mass is 79.9. The average Bonchev–Trinajstić information content (AvgIpc) is 2.72. The molecule has 2 aromatic rings. The van der Waals surface area contributed by atoms with Gasteiger partial charge in [-0.05, 0) is 47.7 Å². The minimum absolute atomic E-state index is 0.471. The Bertz CT molecular complexity index is 535. The van der Waals surface area contributed by atoms with Gasteiger partial charge in [0, 0.05) is 11.9 Å². The van der Waals surface area contributed by atoms with Gasteiger partial charge < -0.3 is 0 Å². The van der Waals surface area contributed by atoms with Crippen molar-refractivity contribution in [3.05, 3.63) is 51.8 Å². The lowest BCUT2D eigenvalue weighted by molar-refractivity contribution is 0.596. The van der Waals surface area contributed by atoms with Gasteiger partial charge in [0.05, 0.1) is 15.9 Å². The van der Waals surface area contributed by atoms with E-state index in [1.807, 2.05) is 6.92 Å². The van der Waals surface area contributed by atoms with Crippen LogP contribution in [0.15, 0.2) is 34.8 Å². The summed E-state index contributed by atoms with van der Waals surface area (Å²) in [4.78, 5) is 0. The van der Waals surface area contributed by atoms with E-state index < -0.39 is 0 Å². The first-order valence-corrected chi connectivity index (χ1v) is 8.41. The van der Waals surface area contributed by atoms with Gasteiger partial charge >= 0.3 is 0 Å². The Kier molecular flexibility index (Phi) is 5.22. The van der Waals surface area contributed by atoms with Crippen LogP contribution >= 0.6 is 31.9 Å². The number of aromatic nitrogens is 2. The highest BCUT2D eigenvalue weighted by Gasteiger charge is 2.18. The van der Waals surface area contributed by atoms with Crippen molar-refractivity contribution in [2.45, 2.75) is 32.7 Å². The molecule has 102 valence electrons. The van der Waals surface area contributed by atoms with E-state index in [9.17, 15) is 0 Å². The maximum atomic E-state index is 4.56. The molecule has 2 nitrogen and oxygen atoms in total. The first kappa shape index (κ1) is 14.8. The predicted octanol–water partition coefficient (Wildman–Crippen LogP) is 4.70. The Hall–Kier alpha value is -0.610. The van der Waals surface area contributed by atoms with Gasteiger partial charge in [-0.2, -0.15) is 5.10 Å². The van der Waals surface area contributed by atoms with Crippen LogP contribution in [-0.4, -0.2) is 15.1 Å². The Balaban J connectivity index is 2.29. The number of alkyl halides is 1. The van der Waals surface area contributed by atoms with E-state index in [4.69, 9.17) is 0 Å². The number of aryl methyl sites for hydroxylation is 2. The molecule has 0 saturated carbocycles. The minimum atomic E-state index is 0.471. The number of hydrogen-bond donors (Lipinski definition) is 0. The molecule has 1 atom stereocenters. The molecule has 2 rings (SSSR count). The summed E-state index contributed by atoms with van der Waals surface area (Å²) in [7, 11) is 0. The SMILES string of the molecule is CCn1nc(C)c(Br)c1CC(CBr)c1ccccc1. The molecule has 0 bridgehead atoms. The Morgan fingerprint density at radius 1 is 1.26 bits per heavy atom. The lowest BCUT2D eigenvalue weighted by Crippen LogP contribution is -2.10. The summed E-state index contributed by atoms with van der Waals surface area (Å²) in [6.45, 7) is 5.09. The van der Waals surface area contributed by atoms with Crippen LogP contribution < -0.4 is 0 Å². The molecular weight excluding hydrogens is 368 g/mol. The van der Waals surface area contributed by atoms with Gasteiger partial charge in [-0.15, -0.1) is 0 Å². The summed E-state index contributed by atoms with van der Waals surface area (Å²) in [6, 6.07) is 10.6. The molecule has 0 saturated heterocycles. The fraction of sp³-hybridized carbons (Fsp3) is 0.400. The predicted molar refractivity (Wildman–Crippen MR) is 87.0 cm³/mol. The van der Waals surface area contributed by atoms with Gasteiger partial charge in [0.15, 0.2) is 0 Å². The topological polar surface area (TPSA) is 17.8 Å². The first-order valence-electron chi connectivity index (χ1n) is 6.50. The molecule has 1 aromatic carbocycles. The molecule has 0 aliphatic carbocycles. The van der Waals surface area contributed by atoms with E-state index in [0.717, 1.165) is 28.5 Å². The van der Waals surface area contributed by atoms with Crippen molar-refractivity contribution in [2.75, 3.05) is 5.33 Å². The summed E-state index contributed by atoms with van der Waals surface area (Å²) >= 11 is 7.32. The largest absolute Gasteiger partial charge is 0.268 e. The van der Waals surface area contributed by atoms with Gasteiger partial charge in [0.1, 0.15) is 0 Å². The maximum absolute atomic E-state index is 4.56. The molecule has 0 aliphatic rings. The molecular formula is C15H18Br2N2. The zero-order chi connectivity index (χ0) is 13.8. The second-order valence-corrected chi connectivity index (χ2v) is 6.07. The lowest BCUT2D eigenvalue weighted by atomic mass is 9.96. The van der Waals surface area contributed by atoms with Crippen molar-refractivity contribution in [3.8, 4) is 0 Å². The van der Waals surface area contributed by atoms with Crippen molar-refractivity contribution >= 4 is 31.9 Å². The summed E-state index contributed by atoms with van der Waals surface area (Å²) in [6.07, 6.45) is 0.991. The first-order chi connectivity index (χ1) is 9.17. The molecule has 0 radical (unpaired) electrons. The van der Waals surface area contributed by atoms with Crippen LogP contribution in [0.3, 0.4) is 0 Å². The average molecular weight is 386 g/mol. The highest BCUT2D eigenvalue weighted by molar-refractivity contribution is 9.10. The highest BCUT2D eigenvalue weighted by Crippen LogP contribution is 2.28. The van der Waals surface area contributed by atoms with E-state index >= 15 is 0 Å². The van der Waals surface area contributed by atoms with Crippen molar-refractivity contribution in [2.24, 2.45) is 0 Å². The summed E-state index contributed by atoms with van der Waals surface area (Å²) in [5.74, 6) is 0.471. The molecule has 1 unspecified atom stereocenters. The van der Waals surface area contributed by atoms with Crippen molar-refractivity contribution in [1.29, 1.82) is 0 Å². The number of rotatable bonds is 5. The zero-order valence-electron chi connectivity index (χ0n) is 11.2. The summed E-state index contributed by atoms with van der Waals surface area (Å²) < 4.78 is 3.24. The molecule has 1 heterocycles. The summed E-state index contributed by atoms with van der Waals surface area (Å²) in [5, 5.41) is 5.52. The van der Waals surface area contributed by atoms with Crippen molar-refractivity contribution < 1.29 is 0 Å². The smallest absolute Gasteiger partial charge is 0.0738 e. The van der Waals surface area contributed by atoms with Crippen LogP contribution in [0.5, 0.6) is 0 Å². The van der Waals surface area contributed by atoms with E-state index in [2.05, 4.69) is 78.9 Å². The van der Waals surface area contributed by atoms with Gasteiger partial charge in [0.25, 0.3) is 0 Å². The minimum Gasteiger partial charge on any atom is -0.268 e. The second kappa shape index (κ2) is 6.71. The molecule has 0 aliphatic heterocycles. The third kappa shape index (κ3) is 3.29. The molecule has 0 spiro atoms. The van der Waals surface area contributed by atoms with E-state index in [0.29, 0.717) is 5.92 Å². The molecule has 19 heavy (non-hydrogen) atoms. The van der Waals surface area contributed by atoms with Crippen LogP contribution in [0.2, 0.25) is 0 Å². The standard InChI is InChI=1S/C15H18Br2N2/c1-3-19-14(15(17)11(2)18-19)9-13(10-16)12-7-5-4-6-8-12/h4-8,13H,3,9-10H2,1-2H3. The van der Waals surface area contributed by atoms with Crippen LogP contribution in [0, 0.1) is 6.92 Å².